The summed E-state index contributed by atoms with van der Waals surface area (Å²) in [6, 6.07) is -0.722. The van der Waals surface area contributed by atoms with E-state index in [1.54, 1.807) is 14.1 Å². The average Bonchev–Trinajstić information content (AvgIpc) is 2.33. The molecule has 5 nitrogen and oxygen atoms in total. The van der Waals surface area contributed by atoms with E-state index in [2.05, 4.69) is 5.32 Å². The van der Waals surface area contributed by atoms with Crippen LogP contribution >= 0.6 is 0 Å². The zero-order chi connectivity index (χ0) is 8.43. The molecule has 0 spiro atoms. The lowest BCUT2D eigenvalue weighted by Gasteiger charge is -2.16. The average molecular weight is 156 g/mol. The topological polar surface area (TPSA) is 54.7 Å². The number of urea groups is 2. The Balaban J connectivity index is 2.60. The summed E-state index contributed by atoms with van der Waals surface area (Å²) in [7, 11) is 3.21. The van der Waals surface area contributed by atoms with Crippen molar-refractivity contribution in [2.75, 3.05) is 27.2 Å². The van der Waals surface area contributed by atoms with E-state index < -0.39 is 6.03 Å². The van der Waals surface area contributed by atoms with Crippen LogP contribution in [0, 0.1) is 0 Å². The maximum absolute atomic E-state index is 11.1. The zero-order valence-corrected chi connectivity index (χ0v) is 6.57. The second-order valence-corrected chi connectivity index (χ2v) is 2.49. The van der Waals surface area contributed by atoms with Crippen molar-refractivity contribution in [3.63, 3.8) is 0 Å². The fourth-order valence-corrected chi connectivity index (χ4v) is 0.846. The molecule has 0 bridgehead atoms. The van der Waals surface area contributed by atoms with Crippen molar-refractivity contribution in [2.24, 2.45) is 0 Å². The quantitative estimate of drug-likeness (QED) is 0.484. The zero-order valence-electron chi connectivity index (χ0n) is 6.57. The number of nitrogens with zero attached hydrogens (tertiary/aromatic N) is 3. The molecule has 0 aromatic heterocycles. The van der Waals surface area contributed by atoms with Gasteiger partial charge in [-0.15, -0.1) is 0 Å². The van der Waals surface area contributed by atoms with Gasteiger partial charge in [-0.3, -0.25) is 0 Å². The molecule has 1 radical (unpaired) electrons. The molecule has 0 aromatic carbocycles. The smallest absolute Gasteiger partial charge is 0.330 e. The Kier molecular flexibility index (Phi) is 1.98. The number of carbonyl (C=O) groups excluding carboxylic acids is 2. The van der Waals surface area contributed by atoms with Crippen molar-refractivity contribution in [3.8, 4) is 0 Å². The Morgan fingerprint density at radius 1 is 1.64 bits per heavy atom. The molecular formula is C6H10N3O2. The van der Waals surface area contributed by atoms with E-state index in [0.717, 1.165) is 4.90 Å². The highest BCUT2D eigenvalue weighted by atomic mass is 16.2. The van der Waals surface area contributed by atoms with E-state index in [1.807, 2.05) is 0 Å². The van der Waals surface area contributed by atoms with Crippen LogP contribution in [0.2, 0.25) is 0 Å². The molecule has 5 heteroatoms. The number of hydrogen-bond acceptors (Lipinski definition) is 2. The first-order valence-electron chi connectivity index (χ1n) is 3.33. The lowest BCUT2D eigenvalue weighted by molar-refractivity contribution is 0.179. The van der Waals surface area contributed by atoms with Gasteiger partial charge in [0.25, 0.3) is 0 Å². The summed E-state index contributed by atoms with van der Waals surface area (Å²) in [6.07, 6.45) is 0. The van der Waals surface area contributed by atoms with Crippen molar-refractivity contribution in [1.82, 2.24) is 15.1 Å². The summed E-state index contributed by atoms with van der Waals surface area (Å²) in [4.78, 5) is 24.4. The van der Waals surface area contributed by atoms with Crippen molar-refractivity contribution < 1.29 is 9.59 Å². The first-order chi connectivity index (χ1) is 5.13. The summed E-state index contributed by atoms with van der Waals surface area (Å²) >= 11 is 0. The number of hydrogen-bond donors (Lipinski definition) is 0. The summed E-state index contributed by atoms with van der Waals surface area (Å²) in [5.41, 5.74) is 0. The first kappa shape index (κ1) is 7.84. The van der Waals surface area contributed by atoms with E-state index >= 15 is 0 Å². The molecule has 0 saturated carbocycles. The lowest BCUT2D eigenvalue weighted by Crippen LogP contribution is -2.40. The van der Waals surface area contributed by atoms with Gasteiger partial charge in [-0.2, -0.15) is 0 Å². The van der Waals surface area contributed by atoms with Crippen LogP contribution in [0.15, 0.2) is 0 Å². The Morgan fingerprint density at radius 2 is 2.27 bits per heavy atom. The Hall–Kier alpha value is -1.26. The highest BCUT2D eigenvalue weighted by Gasteiger charge is 2.28. The molecule has 1 rings (SSSR count). The van der Waals surface area contributed by atoms with Gasteiger partial charge >= 0.3 is 12.1 Å². The predicted molar refractivity (Wildman–Crippen MR) is 38.2 cm³/mol. The first-order valence-corrected chi connectivity index (χ1v) is 3.33. The Bertz CT molecular complexity index is 190. The van der Waals surface area contributed by atoms with Crippen LogP contribution in [0.4, 0.5) is 9.59 Å². The van der Waals surface area contributed by atoms with E-state index in [9.17, 15) is 9.59 Å². The van der Waals surface area contributed by atoms with Gasteiger partial charge in [-0.05, 0) is 0 Å². The fourth-order valence-electron chi connectivity index (χ4n) is 0.846. The van der Waals surface area contributed by atoms with Gasteiger partial charge in [0.15, 0.2) is 0 Å². The van der Waals surface area contributed by atoms with Crippen molar-refractivity contribution in [1.29, 1.82) is 0 Å². The van der Waals surface area contributed by atoms with E-state index in [-0.39, 0.29) is 6.03 Å². The Morgan fingerprint density at radius 3 is 2.64 bits per heavy atom. The highest BCUT2D eigenvalue weighted by Crippen LogP contribution is 2.01. The third-order valence-electron chi connectivity index (χ3n) is 1.42. The number of rotatable bonds is 0. The van der Waals surface area contributed by atoms with Gasteiger partial charge in [-0.1, -0.05) is 0 Å². The normalized spacial score (nSPS) is 16.5. The maximum atomic E-state index is 11.1. The molecule has 1 saturated heterocycles. The van der Waals surface area contributed by atoms with Gasteiger partial charge in [-0.25, -0.2) is 19.8 Å². The van der Waals surface area contributed by atoms with Gasteiger partial charge in [0.05, 0.1) is 13.1 Å². The van der Waals surface area contributed by atoms with Crippen molar-refractivity contribution in [3.05, 3.63) is 0 Å². The summed E-state index contributed by atoms with van der Waals surface area (Å²) in [5.74, 6) is 0. The minimum absolute atomic E-state index is 0.295. The van der Waals surface area contributed by atoms with Gasteiger partial charge in [0.2, 0.25) is 0 Å². The molecule has 61 valence electrons. The monoisotopic (exact) mass is 156 g/mol. The van der Waals surface area contributed by atoms with E-state index in [0.29, 0.717) is 13.1 Å². The third-order valence-corrected chi connectivity index (χ3v) is 1.42. The molecule has 1 fully saturated rings. The van der Waals surface area contributed by atoms with E-state index in [1.165, 1.54) is 4.90 Å². The number of imide groups is 1. The van der Waals surface area contributed by atoms with Crippen LogP contribution in [-0.2, 0) is 0 Å². The maximum Gasteiger partial charge on any atom is 0.347 e. The van der Waals surface area contributed by atoms with Crippen LogP contribution in [-0.4, -0.2) is 49.0 Å². The van der Waals surface area contributed by atoms with Crippen LogP contribution in [0.25, 0.3) is 0 Å². The third kappa shape index (κ3) is 1.42. The molecule has 0 unspecified atom stereocenters. The molecule has 11 heavy (non-hydrogen) atoms. The van der Waals surface area contributed by atoms with Crippen LogP contribution in [0.1, 0.15) is 0 Å². The molecule has 0 aliphatic carbocycles. The molecule has 1 aliphatic heterocycles. The summed E-state index contributed by atoms with van der Waals surface area (Å²) in [6.45, 7) is 0.842. The fraction of sp³-hybridized carbons (Fsp3) is 0.667. The lowest BCUT2D eigenvalue weighted by atomic mass is 10.6. The minimum Gasteiger partial charge on any atom is -0.330 e. The standard InChI is InChI=1S/C6H10N3O2/c1-8(2)6(11)9-4-3-7-5(9)10/h3-4H2,1-2H3. The number of amides is 4. The molecule has 0 aromatic rings. The van der Waals surface area contributed by atoms with E-state index in [4.69, 9.17) is 0 Å². The summed E-state index contributed by atoms with van der Waals surface area (Å²) < 4.78 is 0. The molecule has 0 atom stereocenters. The van der Waals surface area contributed by atoms with Crippen LogP contribution in [0.5, 0.6) is 0 Å². The SMILES string of the molecule is CN(C)C(=O)N1CC[N]C1=O. The molecule has 1 heterocycles. The van der Waals surface area contributed by atoms with Crippen LogP contribution < -0.4 is 5.32 Å². The van der Waals surface area contributed by atoms with Crippen LogP contribution in [0.3, 0.4) is 0 Å². The largest absolute Gasteiger partial charge is 0.347 e. The Labute approximate surface area is 65.0 Å². The van der Waals surface area contributed by atoms with Gasteiger partial charge in [0, 0.05) is 14.1 Å². The second-order valence-electron chi connectivity index (χ2n) is 2.49. The van der Waals surface area contributed by atoms with Crippen molar-refractivity contribution >= 4 is 12.1 Å². The van der Waals surface area contributed by atoms with Gasteiger partial charge < -0.3 is 4.90 Å². The predicted octanol–water partition coefficient (Wildman–Crippen LogP) is -0.292. The molecule has 0 N–H and O–H groups in total. The summed E-state index contributed by atoms with van der Waals surface area (Å²) in [5, 5.41) is 3.56. The number of carbonyl (C=O) groups is 2. The molecular weight excluding hydrogens is 146 g/mol. The second kappa shape index (κ2) is 2.77. The molecule has 4 amide bonds. The van der Waals surface area contributed by atoms with Crippen molar-refractivity contribution in [2.45, 2.75) is 0 Å². The molecule has 1 aliphatic rings. The highest BCUT2D eigenvalue weighted by molar-refractivity contribution is 5.94. The van der Waals surface area contributed by atoms with Gasteiger partial charge in [0.1, 0.15) is 0 Å². The minimum atomic E-state index is -0.427.